The van der Waals surface area contributed by atoms with Crippen molar-refractivity contribution in [3.8, 4) is 0 Å². The van der Waals surface area contributed by atoms with Crippen LogP contribution in [0.4, 0.5) is 0 Å². The Kier molecular flexibility index (Phi) is 5.16. The summed E-state index contributed by atoms with van der Waals surface area (Å²) < 4.78 is 11.9. The highest BCUT2D eigenvalue weighted by Crippen LogP contribution is 2.46. The molecule has 4 rings (SSSR count). The van der Waals surface area contributed by atoms with Gasteiger partial charge < -0.3 is 14.4 Å². The maximum absolute atomic E-state index is 6.06. The van der Waals surface area contributed by atoms with E-state index in [2.05, 4.69) is 16.0 Å². The number of piperidine rings is 1. The Morgan fingerprint density at radius 3 is 2.83 bits per heavy atom. The average molecular weight is 330 g/mol. The first kappa shape index (κ1) is 16.5. The number of likely N-dealkylation sites (tertiary alicyclic amines) is 1. The van der Waals surface area contributed by atoms with Crippen LogP contribution in [0.5, 0.6) is 0 Å². The number of rotatable bonds is 5. The van der Waals surface area contributed by atoms with Crippen LogP contribution < -0.4 is 0 Å². The quantitative estimate of drug-likeness (QED) is 0.830. The van der Waals surface area contributed by atoms with E-state index >= 15 is 0 Å². The maximum atomic E-state index is 6.06. The molecule has 1 spiro atoms. The van der Waals surface area contributed by atoms with Crippen molar-refractivity contribution >= 4 is 0 Å². The fraction of sp³-hybridized carbons (Fsp3) is 0.750. The van der Waals surface area contributed by atoms with Crippen molar-refractivity contribution < 1.29 is 9.47 Å². The van der Waals surface area contributed by atoms with Crippen LogP contribution in [0, 0.1) is 11.3 Å². The fourth-order valence-electron chi connectivity index (χ4n) is 4.65. The summed E-state index contributed by atoms with van der Waals surface area (Å²) >= 11 is 0. The predicted molar refractivity (Wildman–Crippen MR) is 93.7 cm³/mol. The minimum atomic E-state index is 0.452. The number of nitrogens with zero attached hydrogens (tertiary/aromatic N) is 2. The molecule has 2 saturated heterocycles. The first-order chi connectivity index (χ1) is 11.9. The van der Waals surface area contributed by atoms with Crippen LogP contribution in [0.1, 0.15) is 44.1 Å². The van der Waals surface area contributed by atoms with Gasteiger partial charge in [0.25, 0.3) is 0 Å². The molecule has 0 amide bonds. The van der Waals surface area contributed by atoms with Gasteiger partial charge in [0.15, 0.2) is 0 Å². The first-order valence-corrected chi connectivity index (χ1v) is 9.64. The Hall–Kier alpha value is -0.970. The summed E-state index contributed by atoms with van der Waals surface area (Å²) in [4.78, 5) is 6.91. The van der Waals surface area contributed by atoms with E-state index in [1.54, 1.807) is 0 Å². The minimum Gasteiger partial charge on any atom is -0.381 e. The lowest BCUT2D eigenvalue weighted by Gasteiger charge is -2.51. The van der Waals surface area contributed by atoms with Gasteiger partial charge in [-0.05, 0) is 62.2 Å². The van der Waals surface area contributed by atoms with Crippen molar-refractivity contribution in [1.29, 1.82) is 0 Å². The van der Waals surface area contributed by atoms with Gasteiger partial charge in [0.1, 0.15) is 0 Å². The molecule has 2 aliphatic heterocycles. The summed E-state index contributed by atoms with van der Waals surface area (Å²) in [5.74, 6) is 0.548. The second kappa shape index (κ2) is 7.51. The van der Waals surface area contributed by atoms with Gasteiger partial charge in [-0.1, -0.05) is 12.5 Å². The molecule has 3 heterocycles. The van der Waals surface area contributed by atoms with Crippen molar-refractivity contribution in [2.24, 2.45) is 11.3 Å². The Morgan fingerprint density at radius 2 is 2.12 bits per heavy atom. The number of hydrogen-bond donors (Lipinski definition) is 0. The molecule has 3 fully saturated rings. The lowest BCUT2D eigenvalue weighted by molar-refractivity contribution is -0.108. The molecule has 0 aromatic carbocycles. The highest BCUT2D eigenvalue weighted by molar-refractivity contribution is 5.06. The van der Waals surface area contributed by atoms with Crippen LogP contribution in [0.3, 0.4) is 0 Å². The smallest absolute Gasteiger partial charge is 0.0731 e. The monoisotopic (exact) mass is 330 g/mol. The molecular weight excluding hydrogens is 300 g/mol. The van der Waals surface area contributed by atoms with Crippen LogP contribution >= 0.6 is 0 Å². The molecule has 4 nitrogen and oxygen atoms in total. The van der Waals surface area contributed by atoms with Gasteiger partial charge in [0.05, 0.1) is 19.8 Å². The molecule has 4 heteroatoms. The Labute approximate surface area is 145 Å². The molecule has 0 N–H and O–H groups in total. The van der Waals surface area contributed by atoms with Crippen LogP contribution in [-0.4, -0.2) is 48.8 Å². The van der Waals surface area contributed by atoms with E-state index in [-0.39, 0.29) is 0 Å². The van der Waals surface area contributed by atoms with Crippen LogP contribution in [0.25, 0.3) is 0 Å². The lowest BCUT2D eigenvalue weighted by Crippen LogP contribution is -2.52. The maximum Gasteiger partial charge on any atom is 0.0731 e. The molecule has 132 valence electrons. The standard InChI is InChI=1S/C20H30N2O2/c1-4-19(5-1)22-10-6-20(7-11-22)8-12-23-15-18(20)16-24-14-17-3-2-9-21-13-17/h2-3,9,13,18-19H,1,4-8,10-12,14-16H2. The Bertz CT molecular complexity index is 510. The molecule has 1 aromatic heterocycles. The van der Waals surface area contributed by atoms with E-state index in [1.807, 2.05) is 18.5 Å². The van der Waals surface area contributed by atoms with Gasteiger partial charge in [-0.2, -0.15) is 0 Å². The predicted octanol–water partition coefficient (Wildman–Crippen LogP) is 3.27. The lowest BCUT2D eigenvalue weighted by atomic mass is 9.65. The van der Waals surface area contributed by atoms with Gasteiger partial charge in [-0.15, -0.1) is 0 Å². The Balaban J connectivity index is 1.31. The van der Waals surface area contributed by atoms with E-state index in [1.165, 1.54) is 51.6 Å². The van der Waals surface area contributed by atoms with Crippen LogP contribution in [0.15, 0.2) is 24.5 Å². The summed E-state index contributed by atoms with van der Waals surface area (Å²) in [5, 5.41) is 0. The second-order valence-electron chi connectivity index (χ2n) is 7.88. The molecule has 1 aliphatic carbocycles. The summed E-state index contributed by atoms with van der Waals surface area (Å²) in [7, 11) is 0. The number of pyridine rings is 1. The number of hydrogen-bond acceptors (Lipinski definition) is 4. The van der Waals surface area contributed by atoms with E-state index in [0.29, 0.717) is 17.9 Å². The fourth-order valence-corrected chi connectivity index (χ4v) is 4.65. The minimum absolute atomic E-state index is 0.452. The normalized spacial score (nSPS) is 27.9. The zero-order chi connectivity index (χ0) is 16.2. The van der Waals surface area contributed by atoms with Crippen molar-refractivity contribution in [2.45, 2.75) is 51.2 Å². The topological polar surface area (TPSA) is 34.6 Å². The van der Waals surface area contributed by atoms with Crippen molar-refractivity contribution in [1.82, 2.24) is 9.88 Å². The van der Waals surface area contributed by atoms with E-state index < -0.39 is 0 Å². The van der Waals surface area contributed by atoms with Crippen molar-refractivity contribution in [2.75, 3.05) is 32.9 Å². The van der Waals surface area contributed by atoms with Crippen molar-refractivity contribution in [3.63, 3.8) is 0 Å². The van der Waals surface area contributed by atoms with Crippen LogP contribution in [0.2, 0.25) is 0 Å². The summed E-state index contributed by atoms with van der Waals surface area (Å²) in [6, 6.07) is 4.94. The third-order valence-electron chi connectivity index (χ3n) is 6.62. The number of ether oxygens (including phenoxy) is 2. The summed E-state index contributed by atoms with van der Waals surface area (Å²) in [6.45, 7) is 5.85. The molecule has 0 bridgehead atoms. The molecule has 24 heavy (non-hydrogen) atoms. The Morgan fingerprint density at radius 1 is 1.25 bits per heavy atom. The largest absolute Gasteiger partial charge is 0.381 e. The van der Waals surface area contributed by atoms with Gasteiger partial charge in [0, 0.05) is 31.0 Å². The molecule has 1 atom stereocenters. The van der Waals surface area contributed by atoms with E-state index in [4.69, 9.17) is 9.47 Å². The molecular formula is C20H30N2O2. The second-order valence-corrected chi connectivity index (χ2v) is 7.88. The summed E-state index contributed by atoms with van der Waals surface area (Å²) in [6.07, 6.45) is 11.9. The third kappa shape index (κ3) is 3.51. The first-order valence-electron chi connectivity index (χ1n) is 9.64. The van der Waals surface area contributed by atoms with E-state index in [9.17, 15) is 0 Å². The van der Waals surface area contributed by atoms with Crippen LogP contribution in [-0.2, 0) is 16.1 Å². The van der Waals surface area contributed by atoms with Crippen molar-refractivity contribution in [3.05, 3.63) is 30.1 Å². The van der Waals surface area contributed by atoms with Gasteiger partial charge in [-0.25, -0.2) is 0 Å². The molecule has 1 aromatic rings. The molecule has 1 saturated carbocycles. The number of aromatic nitrogens is 1. The van der Waals surface area contributed by atoms with Gasteiger partial charge in [0.2, 0.25) is 0 Å². The SMILES string of the molecule is c1cncc(COCC2COCCC23CCN(C2CCC2)CC3)c1. The highest BCUT2D eigenvalue weighted by atomic mass is 16.5. The molecule has 0 radical (unpaired) electrons. The molecule has 1 unspecified atom stereocenters. The van der Waals surface area contributed by atoms with Gasteiger partial charge in [-0.3, -0.25) is 4.98 Å². The average Bonchev–Trinajstić information content (AvgIpc) is 2.58. The zero-order valence-electron chi connectivity index (χ0n) is 14.7. The highest BCUT2D eigenvalue weighted by Gasteiger charge is 2.44. The third-order valence-corrected chi connectivity index (χ3v) is 6.62. The zero-order valence-corrected chi connectivity index (χ0v) is 14.7. The van der Waals surface area contributed by atoms with E-state index in [0.717, 1.165) is 31.4 Å². The summed E-state index contributed by atoms with van der Waals surface area (Å²) in [5.41, 5.74) is 1.61. The van der Waals surface area contributed by atoms with Gasteiger partial charge >= 0.3 is 0 Å². The molecule has 3 aliphatic rings.